The normalized spacial score (nSPS) is 36.4. The molecule has 0 radical (unpaired) electrons. The Morgan fingerprint density at radius 3 is 2.58 bits per heavy atom. The van der Waals surface area contributed by atoms with Gasteiger partial charge in [0.05, 0.1) is 0 Å². The number of nitrogens with zero attached hydrogens (tertiary/aromatic N) is 1. The largest absolute Gasteiger partial charge is 0.445 e. The summed E-state index contributed by atoms with van der Waals surface area (Å²) < 4.78 is 10.9. The van der Waals surface area contributed by atoms with E-state index in [2.05, 4.69) is 5.92 Å². The standard InChI is InChI=1S/C24H27NO8/c1-5-23(32-15(3)27)11-10-19-20-8-6-16-12-17(31-14(2)26)7-9-18(16)24(20,28)21(33-25(29)30)13-22(19,23)4/h1,7,9,12,19-21,28H,6,8,10-11,13H2,2-4H3/t19-,20-,21-,22-,23-,24-/m0/s1. The summed E-state index contributed by atoms with van der Waals surface area (Å²) in [7, 11) is 0. The van der Waals surface area contributed by atoms with E-state index in [1.54, 1.807) is 18.2 Å². The first kappa shape index (κ1) is 23.1. The summed E-state index contributed by atoms with van der Waals surface area (Å²) in [6, 6.07) is 4.90. The van der Waals surface area contributed by atoms with E-state index in [1.807, 2.05) is 6.92 Å². The molecular weight excluding hydrogens is 430 g/mol. The molecule has 1 aromatic carbocycles. The zero-order valence-corrected chi connectivity index (χ0v) is 18.8. The van der Waals surface area contributed by atoms with E-state index in [0.717, 1.165) is 5.56 Å². The lowest BCUT2D eigenvalue weighted by atomic mass is 9.50. The molecule has 3 aliphatic rings. The van der Waals surface area contributed by atoms with Gasteiger partial charge in [-0.05, 0) is 67.2 Å². The minimum absolute atomic E-state index is 0.0360. The van der Waals surface area contributed by atoms with Crippen LogP contribution in [-0.2, 0) is 31.2 Å². The van der Waals surface area contributed by atoms with Crippen molar-refractivity contribution in [3.8, 4) is 18.1 Å². The highest BCUT2D eigenvalue weighted by Crippen LogP contribution is 2.66. The number of aryl methyl sites for hydroxylation is 1. The Kier molecular flexibility index (Phi) is 5.40. The molecule has 0 spiro atoms. The van der Waals surface area contributed by atoms with E-state index < -0.39 is 45.7 Å². The van der Waals surface area contributed by atoms with Gasteiger partial charge in [-0.25, -0.2) is 0 Å². The third kappa shape index (κ3) is 3.35. The summed E-state index contributed by atoms with van der Waals surface area (Å²) >= 11 is 0. The average molecular weight is 457 g/mol. The summed E-state index contributed by atoms with van der Waals surface area (Å²) in [5.74, 6) is 1.49. The van der Waals surface area contributed by atoms with Crippen LogP contribution >= 0.6 is 0 Å². The second-order valence-corrected chi connectivity index (χ2v) is 9.53. The molecule has 0 saturated heterocycles. The van der Waals surface area contributed by atoms with Crippen LogP contribution in [0.15, 0.2) is 18.2 Å². The Morgan fingerprint density at radius 1 is 1.24 bits per heavy atom. The summed E-state index contributed by atoms with van der Waals surface area (Å²) in [5, 5.41) is 22.7. The molecule has 0 aliphatic heterocycles. The molecule has 176 valence electrons. The topological polar surface area (TPSA) is 125 Å². The Balaban J connectivity index is 1.83. The van der Waals surface area contributed by atoms with Crippen molar-refractivity contribution in [3.63, 3.8) is 0 Å². The first-order chi connectivity index (χ1) is 15.5. The van der Waals surface area contributed by atoms with E-state index in [-0.39, 0.29) is 12.3 Å². The van der Waals surface area contributed by atoms with Gasteiger partial charge < -0.3 is 19.4 Å². The molecule has 4 rings (SSSR count). The van der Waals surface area contributed by atoms with Crippen molar-refractivity contribution in [2.45, 2.75) is 70.2 Å². The molecule has 0 bridgehead atoms. The highest BCUT2D eigenvalue weighted by atomic mass is 17.0. The molecule has 6 atom stereocenters. The fourth-order valence-electron chi connectivity index (χ4n) is 6.71. The summed E-state index contributed by atoms with van der Waals surface area (Å²) in [6.07, 6.45) is 6.80. The van der Waals surface area contributed by atoms with Crippen LogP contribution in [0.1, 0.15) is 57.6 Å². The molecule has 0 heterocycles. The van der Waals surface area contributed by atoms with Crippen molar-refractivity contribution in [3.05, 3.63) is 39.4 Å². The summed E-state index contributed by atoms with van der Waals surface area (Å²) in [5.41, 5.74) is -2.44. The lowest BCUT2D eigenvalue weighted by Crippen LogP contribution is -2.64. The molecule has 1 aromatic rings. The third-order valence-electron chi connectivity index (χ3n) is 7.96. The number of fused-ring (bicyclic) bond motifs is 5. The number of aliphatic hydroxyl groups is 1. The van der Waals surface area contributed by atoms with E-state index >= 15 is 0 Å². The van der Waals surface area contributed by atoms with Crippen LogP contribution < -0.4 is 4.74 Å². The van der Waals surface area contributed by atoms with Gasteiger partial charge in [-0.1, -0.05) is 18.9 Å². The van der Waals surface area contributed by atoms with Gasteiger partial charge in [-0.3, -0.25) is 9.59 Å². The maximum Gasteiger partial charge on any atom is 0.308 e. The van der Waals surface area contributed by atoms with E-state index in [9.17, 15) is 24.8 Å². The van der Waals surface area contributed by atoms with E-state index in [1.165, 1.54) is 13.8 Å². The number of carbonyl (C=O) groups excluding carboxylic acids is 2. The van der Waals surface area contributed by atoms with Gasteiger partial charge in [-0.15, -0.1) is 16.5 Å². The van der Waals surface area contributed by atoms with E-state index in [4.69, 9.17) is 20.7 Å². The highest BCUT2D eigenvalue weighted by Gasteiger charge is 2.70. The zero-order chi connectivity index (χ0) is 24.2. The Morgan fingerprint density at radius 2 is 1.97 bits per heavy atom. The van der Waals surface area contributed by atoms with Gasteiger partial charge >= 0.3 is 11.9 Å². The van der Waals surface area contributed by atoms with Crippen molar-refractivity contribution >= 4 is 11.9 Å². The summed E-state index contributed by atoms with van der Waals surface area (Å²) in [4.78, 5) is 39.8. The van der Waals surface area contributed by atoms with Gasteiger partial charge in [0, 0.05) is 19.3 Å². The van der Waals surface area contributed by atoms with Crippen molar-refractivity contribution in [1.29, 1.82) is 0 Å². The van der Waals surface area contributed by atoms with Crippen LogP contribution in [0.3, 0.4) is 0 Å². The second kappa shape index (κ2) is 7.73. The highest BCUT2D eigenvalue weighted by molar-refractivity contribution is 5.69. The first-order valence-electron chi connectivity index (χ1n) is 11.0. The molecule has 9 nitrogen and oxygen atoms in total. The van der Waals surface area contributed by atoms with Gasteiger partial charge in [0.25, 0.3) is 5.09 Å². The number of esters is 2. The molecule has 3 aliphatic carbocycles. The van der Waals surface area contributed by atoms with Crippen molar-refractivity contribution in [2.24, 2.45) is 17.3 Å². The predicted molar refractivity (Wildman–Crippen MR) is 114 cm³/mol. The molecule has 33 heavy (non-hydrogen) atoms. The van der Waals surface area contributed by atoms with Gasteiger partial charge in [-0.2, -0.15) is 0 Å². The molecule has 2 fully saturated rings. The van der Waals surface area contributed by atoms with Gasteiger partial charge in [0.15, 0.2) is 5.60 Å². The monoisotopic (exact) mass is 457 g/mol. The molecule has 9 heteroatoms. The number of hydrogen-bond donors (Lipinski definition) is 1. The minimum atomic E-state index is -1.65. The van der Waals surface area contributed by atoms with Crippen LogP contribution in [0.25, 0.3) is 0 Å². The Bertz CT molecular complexity index is 1060. The summed E-state index contributed by atoms with van der Waals surface area (Å²) in [6.45, 7) is 4.47. The zero-order valence-electron chi connectivity index (χ0n) is 18.8. The van der Waals surface area contributed by atoms with Crippen LogP contribution in [0.4, 0.5) is 0 Å². The number of rotatable bonds is 4. The van der Waals surface area contributed by atoms with Crippen LogP contribution in [0, 0.1) is 39.7 Å². The molecule has 2 saturated carbocycles. The van der Waals surface area contributed by atoms with Crippen molar-refractivity contribution < 1.29 is 34.1 Å². The quantitative estimate of drug-likeness (QED) is 0.241. The number of terminal acetylenes is 1. The number of carbonyl (C=O) groups is 2. The Hall–Kier alpha value is -3.12. The minimum Gasteiger partial charge on any atom is -0.445 e. The van der Waals surface area contributed by atoms with Crippen LogP contribution in [0.5, 0.6) is 5.75 Å². The molecule has 0 unspecified atom stereocenters. The van der Waals surface area contributed by atoms with Crippen molar-refractivity contribution in [2.75, 3.05) is 0 Å². The van der Waals surface area contributed by atoms with Crippen molar-refractivity contribution in [1.82, 2.24) is 0 Å². The Labute approximate surface area is 191 Å². The molecule has 0 amide bonds. The fraction of sp³-hybridized carbons (Fsp3) is 0.583. The molecular formula is C24H27NO8. The lowest BCUT2D eigenvalue weighted by molar-refractivity contribution is -0.775. The smallest absolute Gasteiger partial charge is 0.308 e. The fourth-order valence-corrected chi connectivity index (χ4v) is 6.71. The second-order valence-electron chi connectivity index (χ2n) is 9.53. The predicted octanol–water partition coefficient (Wildman–Crippen LogP) is 2.69. The molecule has 1 N–H and O–H groups in total. The lowest BCUT2D eigenvalue weighted by Gasteiger charge is -2.58. The molecule has 0 aromatic heterocycles. The maximum absolute atomic E-state index is 12.1. The average Bonchev–Trinajstić information content (AvgIpc) is 2.99. The number of ether oxygens (including phenoxy) is 2. The number of hydrogen-bond acceptors (Lipinski definition) is 8. The van der Waals surface area contributed by atoms with Crippen LogP contribution in [0.2, 0.25) is 0 Å². The third-order valence-corrected chi connectivity index (χ3v) is 7.96. The number of benzene rings is 1. The maximum atomic E-state index is 12.1. The SMILES string of the molecule is C#C[C@]1(OC(C)=O)CC[C@H]2[C@@H]3CCc4cc(OC(C)=O)ccc4[C@@]3(O)[C@@H](O[N+](=O)[O-])C[C@@]21C. The first-order valence-corrected chi connectivity index (χ1v) is 11.0. The van der Waals surface area contributed by atoms with Gasteiger partial charge in [0.2, 0.25) is 0 Å². The van der Waals surface area contributed by atoms with Crippen LogP contribution in [-0.4, -0.2) is 33.8 Å². The van der Waals surface area contributed by atoms with E-state index in [0.29, 0.717) is 37.0 Å². The van der Waals surface area contributed by atoms with Gasteiger partial charge in [0.1, 0.15) is 17.5 Å².